The first-order valence-corrected chi connectivity index (χ1v) is 14.2. The number of aromatic nitrogens is 1. The Morgan fingerprint density at radius 3 is 2.21 bits per heavy atom. The van der Waals surface area contributed by atoms with E-state index in [9.17, 15) is 4.79 Å². The number of carboxylic acid groups (broad SMARTS) is 1. The fraction of sp³-hybridized carbons (Fsp3) is 0.241. The number of hydrogen-bond acceptors (Lipinski definition) is 7. The summed E-state index contributed by atoms with van der Waals surface area (Å²) in [5.41, 5.74) is 3.74. The number of methoxy groups -OCH3 is 2. The minimum Gasteiger partial charge on any atom is -0.497 e. The normalized spacial score (nSPS) is 10.8. The summed E-state index contributed by atoms with van der Waals surface area (Å²) in [7, 11) is 3.32. The second kappa shape index (κ2) is 13.6. The third-order valence-electron chi connectivity index (χ3n) is 5.70. The van der Waals surface area contributed by atoms with Gasteiger partial charge >= 0.3 is 5.97 Å². The number of benzene rings is 3. The molecule has 3 aromatic carbocycles. The Labute approximate surface area is 235 Å². The van der Waals surface area contributed by atoms with Gasteiger partial charge in [0, 0.05) is 11.3 Å². The van der Waals surface area contributed by atoms with E-state index in [0.29, 0.717) is 22.9 Å². The van der Waals surface area contributed by atoms with Gasteiger partial charge in [0.15, 0.2) is 4.34 Å². The third-order valence-corrected chi connectivity index (χ3v) is 8.33. The van der Waals surface area contributed by atoms with Gasteiger partial charge < -0.3 is 19.3 Å². The van der Waals surface area contributed by atoms with E-state index in [-0.39, 0.29) is 6.42 Å². The fourth-order valence-electron chi connectivity index (χ4n) is 3.74. The molecule has 38 heavy (non-hydrogen) atoms. The van der Waals surface area contributed by atoms with Crippen LogP contribution in [-0.2, 0) is 11.2 Å². The smallest absolute Gasteiger partial charge is 0.307 e. The van der Waals surface area contributed by atoms with Gasteiger partial charge in [0.25, 0.3) is 0 Å². The van der Waals surface area contributed by atoms with Crippen LogP contribution in [-0.4, -0.2) is 42.6 Å². The average Bonchev–Trinajstić information content (AvgIpc) is 3.35. The van der Waals surface area contributed by atoms with Gasteiger partial charge in [-0.2, -0.15) is 0 Å². The van der Waals surface area contributed by atoms with Gasteiger partial charge in [-0.3, -0.25) is 4.79 Å². The van der Waals surface area contributed by atoms with Gasteiger partial charge in [-0.05, 0) is 84.6 Å². The van der Waals surface area contributed by atoms with Crippen molar-refractivity contribution in [1.82, 2.24) is 4.98 Å². The Morgan fingerprint density at radius 2 is 1.61 bits per heavy atom. The summed E-state index contributed by atoms with van der Waals surface area (Å²) in [5, 5.41) is 9.34. The van der Waals surface area contributed by atoms with E-state index in [0.717, 1.165) is 56.1 Å². The average molecular weight is 570 g/mol. The van der Waals surface area contributed by atoms with E-state index in [1.54, 1.807) is 55.5 Å². The summed E-state index contributed by atoms with van der Waals surface area (Å²) >= 11 is 9.67. The van der Waals surface area contributed by atoms with Crippen LogP contribution >= 0.6 is 34.7 Å². The number of halogens is 1. The fourth-order valence-corrected chi connectivity index (χ4v) is 6.23. The number of thiazole rings is 1. The standard InChI is InChI=1S/C29H28ClNO5S2/c1-34-22-10-6-20(7-11-22)27-28(21-8-12-23(35-2)13-9-21)38-29(31-27)37-16-4-3-15-36-25-14-5-19(17-24(25)30)18-26(32)33/h5-14,17H,3-4,15-16,18H2,1-2H3,(H,32,33). The predicted molar refractivity (Wildman–Crippen MR) is 154 cm³/mol. The molecule has 0 saturated carbocycles. The van der Waals surface area contributed by atoms with Crippen LogP contribution in [0.3, 0.4) is 0 Å². The second-order valence-electron chi connectivity index (χ2n) is 8.35. The van der Waals surface area contributed by atoms with Crippen molar-refractivity contribution in [2.45, 2.75) is 23.6 Å². The van der Waals surface area contributed by atoms with Crippen molar-refractivity contribution in [1.29, 1.82) is 0 Å². The van der Waals surface area contributed by atoms with Gasteiger partial charge in [-0.25, -0.2) is 4.98 Å². The van der Waals surface area contributed by atoms with Crippen LogP contribution in [0.2, 0.25) is 5.02 Å². The number of rotatable bonds is 13. The highest BCUT2D eigenvalue weighted by molar-refractivity contribution is 8.01. The molecule has 1 N–H and O–H groups in total. The molecule has 0 aliphatic rings. The number of ether oxygens (including phenoxy) is 3. The molecule has 0 bridgehead atoms. The quantitative estimate of drug-likeness (QED) is 0.130. The van der Waals surface area contributed by atoms with Gasteiger partial charge in [-0.15, -0.1) is 11.3 Å². The van der Waals surface area contributed by atoms with Gasteiger partial charge in [0.05, 0.1) is 42.8 Å². The maximum atomic E-state index is 10.9. The first-order chi connectivity index (χ1) is 18.5. The van der Waals surface area contributed by atoms with Crippen LogP contribution in [0.25, 0.3) is 21.7 Å². The molecule has 0 amide bonds. The highest BCUT2D eigenvalue weighted by Crippen LogP contribution is 2.41. The number of aliphatic carboxylic acids is 1. The van der Waals surface area contributed by atoms with Gasteiger partial charge in [0.2, 0.25) is 0 Å². The zero-order valence-corrected chi connectivity index (χ0v) is 23.5. The zero-order chi connectivity index (χ0) is 26.9. The van der Waals surface area contributed by atoms with E-state index in [1.165, 1.54) is 0 Å². The number of thioether (sulfide) groups is 1. The Balaban J connectivity index is 1.36. The molecule has 4 rings (SSSR count). The number of hydrogen-bond donors (Lipinski definition) is 1. The second-order valence-corrected chi connectivity index (χ2v) is 11.1. The van der Waals surface area contributed by atoms with Crippen molar-refractivity contribution in [3.63, 3.8) is 0 Å². The highest BCUT2D eigenvalue weighted by atomic mass is 35.5. The number of unbranched alkanes of at least 4 members (excludes halogenated alkanes) is 1. The molecule has 0 fully saturated rings. The van der Waals surface area contributed by atoms with Gasteiger partial charge in [0.1, 0.15) is 17.2 Å². The first-order valence-electron chi connectivity index (χ1n) is 12.0. The monoisotopic (exact) mass is 569 g/mol. The molecule has 0 radical (unpaired) electrons. The highest BCUT2D eigenvalue weighted by Gasteiger charge is 2.16. The molecule has 1 heterocycles. The van der Waals surface area contributed by atoms with Crippen molar-refractivity contribution < 1.29 is 24.1 Å². The molecule has 1 aromatic heterocycles. The van der Waals surface area contributed by atoms with E-state index < -0.39 is 5.97 Å². The molecule has 0 aliphatic heterocycles. The van der Waals surface area contributed by atoms with Crippen molar-refractivity contribution in [2.75, 3.05) is 26.6 Å². The molecule has 4 aromatic rings. The molecular formula is C29H28ClNO5S2. The van der Waals surface area contributed by atoms with E-state index >= 15 is 0 Å². The lowest BCUT2D eigenvalue weighted by Crippen LogP contribution is -2.01. The van der Waals surface area contributed by atoms with Crippen LogP contribution in [0.4, 0.5) is 0 Å². The Bertz CT molecular complexity index is 1290. The van der Waals surface area contributed by atoms with Crippen LogP contribution < -0.4 is 14.2 Å². The topological polar surface area (TPSA) is 77.9 Å². The van der Waals surface area contributed by atoms with E-state index in [2.05, 4.69) is 12.1 Å². The summed E-state index contributed by atoms with van der Waals surface area (Å²) in [5.74, 6) is 2.22. The molecular weight excluding hydrogens is 542 g/mol. The van der Waals surface area contributed by atoms with Crippen molar-refractivity contribution in [3.05, 3.63) is 77.3 Å². The third kappa shape index (κ3) is 7.43. The van der Waals surface area contributed by atoms with Crippen LogP contribution in [0, 0.1) is 0 Å². The lowest BCUT2D eigenvalue weighted by Gasteiger charge is -2.09. The largest absolute Gasteiger partial charge is 0.497 e. The minimum absolute atomic E-state index is 0.0612. The number of nitrogens with zero attached hydrogens (tertiary/aromatic N) is 1. The Morgan fingerprint density at radius 1 is 0.947 bits per heavy atom. The van der Waals surface area contributed by atoms with Crippen molar-refractivity contribution in [2.24, 2.45) is 0 Å². The Kier molecular flexibility index (Phi) is 9.92. The zero-order valence-electron chi connectivity index (χ0n) is 21.1. The first kappa shape index (κ1) is 27.8. The summed E-state index contributed by atoms with van der Waals surface area (Å²) in [6, 6.07) is 21.1. The molecule has 9 heteroatoms. The van der Waals surface area contributed by atoms with E-state index in [4.69, 9.17) is 35.9 Å². The predicted octanol–water partition coefficient (Wildman–Crippen LogP) is 7.73. The minimum atomic E-state index is -0.889. The van der Waals surface area contributed by atoms with Crippen LogP contribution in [0.1, 0.15) is 18.4 Å². The number of carbonyl (C=O) groups is 1. The molecule has 0 unspecified atom stereocenters. The summed E-state index contributed by atoms with van der Waals surface area (Å²) in [6.07, 6.45) is 1.76. The van der Waals surface area contributed by atoms with Crippen LogP contribution in [0.15, 0.2) is 71.1 Å². The maximum absolute atomic E-state index is 10.9. The summed E-state index contributed by atoms with van der Waals surface area (Å²) in [6.45, 7) is 0.532. The summed E-state index contributed by atoms with van der Waals surface area (Å²) < 4.78 is 17.5. The molecule has 0 spiro atoms. The molecule has 0 aliphatic carbocycles. The molecule has 0 saturated heterocycles. The van der Waals surface area contributed by atoms with Crippen LogP contribution in [0.5, 0.6) is 17.2 Å². The molecule has 6 nitrogen and oxygen atoms in total. The van der Waals surface area contributed by atoms with Gasteiger partial charge in [-0.1, -0.05) is 29.4 Å². The lowest BCUT2D eigenvalue weighted by atomic mass is 10.1. The number of carboxylic acids is 1. The maximum Gasteiger partial charge on any atom is 0.307 e. The lowest BCUT2D eigenvalue weighted by molar-refractivity contribution is -0.136. The Hall–Kier alpha value is -3.20. The van der Waals surface area contributed by atoms with Crippen molar-refractivity contribution >= 4 is 40.7 Å². The molecule has 198 valence electrons. The van der Waals surface area contributed by atoms with Crippen molar-refractivity contribution in [3.8, 4) is 38.9 Å². The summed E-state index contributed by atoms with van der Waals surface area (Å²) in [4.78, 5) is 17.0. The van der Waals surface area contributed by atoms with E-state index in [1.807, 2.05) is 36.4 Å². The SMILES string of the molecule is COc1ccc(-c2nc(SCCCCOc3ccc(CC(=O)O)cc3Cl)sc2-c2ccc(OC)cc2)cc1. The molecule has 0 atom stereocenters.